The molecule has 29 heavy (non-hydrogen) atoms. The Bertz CT molecular complexity index is 1000. The van der Waals surface area contributed by atoms with Gasteiger partial charge in [-0.1, -0.05) is 24.3 Å². The van der Waals surface area contributed by atoms with E-state index in [2.05, 4.69) is 15.4 Å². The van der Waals surface area contributed by atoms with Crippen molar-refractivity contribution in [2.75, 3.05) is 10.6 Å². The molecule has 0 aliphatic heterocycles. The van der Waals surface area contributed by atoms with Crippen molar-refractivity contribution in [1.82, 2.24) is 0 Å². The predicted molar refractivity (Wildman–Crippen MR) is 109 cm³/mol. The van der Waals surface area contributed by atoms with E-state index in [9.17, 15) is 18.4 Å². The highest BCUT2D eigenvalue weighted by Gasteiger charge is 2.07. The molecule has 0 aliphatic rings. The standard InChI is InChI=1S/C21H16F2N2O3S/c22-21(23)28-17-9-6-14(7-10-17)8-11-19(26)24-15-3-1-4-16(13-15)25-20(27)18-5-2-12-29-18/h1-13,21H,(H,24,26)(H,25,27)/b11-8+. The minimum atomic E-state index is -2.88. The van der Waals surface area contributed by atoms with E-state index < -0.39 is 6.61 Å². The van der Waals surface area contributed by atoms with Crippen LogP contribution in [0.3, 0.4) is 0 Å². The lowest BCUT2D eigenvalue weighted by molar-refractivity contribution is -0.111. The van der Waals surface area contributed by atoms with Crippen LogP contribution < -0.4 is 15.4 Å². The number of nitrogens with one attached hydrogen (secondary N) is 2. The molecule has 0 fully saturated rings. The van der Waals surface area contributed by atoms with Crippen LogP contribution in [-0.2, 0) is 4.79 Å². The van der Waals surface area contributed by atoms with E-state index >= 15 is 0 Å². The normalized spacial score (nSPS) is 10.9. The topological polar surface area (TPSA) is 67.4 Å². The number of rotatable bonds is 7. The van der Waals surface area contributed by atoms with Gasteiger partial charge in [0.2, 0.25) is 5.91 Å². The first-order chi connectivity index (χ1) is 14.0. The summed E-state index contributed by atoms with van der Waals surface area (Å²) in [5.41, 5.74) is 1.72. The molecule has 0 radical (unpaired) electrons. The Kier molecular flexibility index (Phi) is 6.70. The van der Waals surface area contributed by atoms with Gasteiger partial charge in [-0.3, -0.25) is 9.59 Å². The van der Waals surface area contributed by atoms with Crippen molar-refractivity contribution < 1.29 is 23.1 Å². The number of thiophene rings is 1. The lowest BCUT2D eigenvalue weighted by atomic mass is 10.2. The molecule has 1 aromatic heterocycles. The molecule has 5 nitrogen and oxygen atoms in total. The average Bonchev–Trinajstić information content (AvgIpc) is 3.22. The minimum absolute atomic E-state index is 0.0445. The van der Waals surface area contributed by atoms with E-state index in [-0.39, 0.29) is 17.6 Å². The lowest BCUT2D eigenvalue weighted by Crippen LogP contribution is -2.11. The summed E-state index contributed by atoms with van der Waals surface area (Å²) in [6.07, 6.45) is 2.86. The van der Waals surface area contributed by atoms with Crippen molar-refractivity contribution in [2.45, 2.75) is 6.61 Å². The average molecular weight is 414 g/mol. The largest absolute Gasteiger partial charge is 0.435 e. The van der Waals surface area contributed by atoms with Gasteiger partial charge in [0, 0.05) is 17.5 Å². The lowest BCUT2D eigenvalue weighted by Gasteiger charge is -2.07. The smallest absolute Gasteiger partial charge is 0.387 e. The molecule has 1 heterocycles. The van der Waals surface area contributed by atoms with Crippen LogP contribution in [0.1, 0.15) is 15.2 Å². The monoisotopic (exact) mass is 414 g/mol. The van der Waals surface area contributed by atoms with Crippen LogP contribution in [0.5, 0.6) is 5.75 Å². The van der Waals surface area contributed by atoms with E-state index in [0.29, 0.717) is 21.8 Å². The summed E-state index contributed by atoms with van der Waals surface area (Å²) in [6.45, 7) is -2.88. The van der Waals surface area contributed by atoms with Gasteiger partial charge >= 0.3 is 6.61 Å². The highest BCUT2D eigenvalue weighted by Crippen LogP contribution is 2.18. The molecule has 0 saturated carbocycles. The fourth-order valence-corrected chi connectivity index (χ4v) is 3.01. The van der Waals surface area contributed by atoms with Crippen molar-refractivity contribution in [1.29, 1.82) is 0 Å². The molecular weight excluding hydrogens is 398 g/mol. The van der Waals surface area contributed by atoms with Crippen LogP contribution in [0.4, 0.5) is 20.2 Å². The van der Waals surface area contributed by atoms with Crippen molar-refractivity contribution in [2.24, 2.45) is 0 Å². The summed E-state index contributed by atoms with van der Waals surface area (Å²) in [7, 11) is 0. The molecule has 2 amide bonds. The quantitative estimate of drug-likeness (QED) is 0.519. The molecular formula is C21H16F2N2O3S. The number of amides is 2. The van der Waals surface area contributed by atoms with Gasteiger partial charge in [-0.15, -0.1) is 11.3 Å². The van der Waals surface area contributed by atoms with E-state index in [0.717, 1.165) is 0 Å². The zero-order valence-electron chi connectivity index (χ0n) is 15.0. The van der Waals surface area contributed by atoms with Crippen LogP contribution >= 0.6 is 11.3 Å². The number of benzene rings is 2. The molecule has 2 N–H and O–H groups in total. The molecule has 148 valence electrons. The first-order valence-corrected chi connectivity index (χ1v) is 9.36. The summed E-state index contributed by atoms with van der Waals surface area (Å²) in [6, 6.07) is 16.2. The Hall–Kier alpha value is -3.52. The second-order valence-electron chi connectivity index (χ2n) is 5.78. The minimum Gasteiger partial charge on any atom is -0.435 e. The number of hydrogen-bond donors (Lipinski definition) is 2. The summed E-state index contributed by atoms with van der Waals surface area (Å²) in [4.78, 5) is 24.8. The first-order valence-electron chi connectivity index (χ1n) is 8.48. The van der Waals surface area contributed by atoms with Crippen LogP contribution in [0, 0.1) is 0 Å². The molecule has 3 rings (SSSR count). The number of anilines is 2. The molecule has 3 aromatic rings. The highest BCUT2D eigenvalue weighted by atomic mass is 32.1. The Morgan fingerprint density at radius 3 is 2.34 bits per heavy atom. The second-order valence-corrected chi connectivity index (χ2v) is 6.73. The number of alkyl halides is 2. The zero-order valence-corrected chi connectivity index (χ0v) is 15.8. The Morgan fingerprint density at radius 2 is 1.69 bits per heavy atom. The van der Waals surface area contributed by atoms with E-state index in [1.807, 2.05) is 5.38 Å². The fourth-order valence-electron chi connectivity index (χ4n) is 2.39. The Balaban J connectivity index is 1.57. The maximum Gasteiger partial charge on any atom is 0.387 e. The predicted octanol–water partition coefficient (Wildman–Crippen LogP) is 5.25. The van der Waals surface area contributed by atoms with Crippen LogP contribution in [0.25, 0.3) is 6.08 Å². The van der Waals surface area contributed by atoms with Gasteiger partial charge in [-0.25, -0.2) is 0 Å². The van der Waals surface area contributed by atoms with Gasteiger partial charge in [0.05, 0.1) is 4.88 Å². The highest BCUT2D eigenvalue weighted by molar-refractivity contribution is 7.12. The Labute approximate surface area is 169 Å². The van der Waals surface area contributed by atoms with Gasteiger partial charge in [0.15, 0.2) is 0 Å². The third-order valence-corrected chi connectivity index (χ3v) is 4.53. The van der Waals surface area contributed by atoms with Gasteiger partial charge in [-0.05, 0) is 53.4 Å². The van der Waals surface area contributed by atoms with E-state index in [1.165, 1.54) is 29.5 Å². The molecule has 0 unspecified atom stereocenters. The number of halogens is 2. The van der Waals surface area contributed by atoms with Crippen molar-refractivity contribution in [3.63, 3.8) is 0 Å². The number of carbonyl (C=O) groups excluding carboxylic acids is 2. The van der Waals surface area contributed by atoms with E-state index in [4.69, 9.17) is 0 Å². The fraction of sp³-hybridized carbons (Fsp3) is 0.0476. The van der Waals surface area contributed by atoms with Gasteiger partial charge in [0.25, 0.3) is 5.91 Å². The van der Waals surface area contributed by atoms with Crippen LogP contribution in [0.2, 0.25) is 0 Å². The van der Waals surface area contributed by atoms with E-state index in [1.54, 1.807) is 54.6 Å². The molecule has 0 atom stereocenters. The maximum atomic E-state index is 12.1. The summed E-state index contributed by atoms with van der Waals surface area (Å²) in [5, 5.41) is 7.29. The molecule has 8 heteroatoms. The third kappa shape index (κ3) is 6.25. The number of carbonyl (C=O) groups is 2. The third-order valence-electron chi connectivity index (χ3n) is 3.67. The SMILES string of the molecule is O=C(/C=C/c1ccc(OC(F)F)cc1)Nc1cccc(NC(=O)c2cccs2)c1. The molecule has 0 aliphatic carbocycles. The Morgan fingerprint density at radius 1 is 0.966 bits per heavy atom. The van der Waals surface area contributed by atoms with Crippen LogP contribution in [0.15, 0.2) is 72.1 Å². The van der Waals surface area contributed by atoms with Gasteiger partial charge < -0.3 is 15.4 Å². The van der Waals surface area contributed by atoms with Crippen LogP contribution in [-0.4, -0.2) is 18.4 Å². The molecule has 2 aromatic carbocycles. The summed E-state index contributed by atoms with van der Waals surface area (Å²) < 4.78 is 28.5. The van der Waals surface area contributed by atoms with Gasteiger partial charge in [-0.2, -0.15) is 8.78 Å². The number of hydrogen-bond acceptors (Lipinski definition) is 4. The zero-order chi connectivity index (χ0) is 20.6. The summed E-state index contributed by atoms with van der Waals surface area (Å²) in [5.74, 6) is -0.551. The summed E-state index contributed by atoms with van der Waals surface area (Å²) >= 11 is 1.34. The first kappa shape index (κ1) is 20.2. The molecule has 0 spiro atoms. The van der Waals surface area contributed by atoms with Crippen molar-refractivity contribution in [3.8, 4) is 5.75 Å². The van der Waals surface area contributed by atoms with Gasteiger partial charge in [0.1, 0.15) is 5.75 Å². The maximum absolute atomic E-state index is 12.1. The number of ether oxygens (including phenoxy) is 1. The molecule has 0 saturated heterocycles. The second kappa shape index (κ2) is 9.61. The molecule has 0 bridgehead atoms. The van der Waals surface area contributed by atoms with Crippen molar-refractivity contribution >= 4 is 40.6 Å². The van der Waals surface area contributed by atoms with Crippen molar-refractivity contribution in [3.05, 3.63) is 82.6 Å².